The summed E-state index contributed by atoms with van der Waals surface area (Å²) in [7, 11) is 0. The van der Waals surface area contributed by atoms with E-state index in [2.05, 4.69) is 26.2 Å². The van der Waals surface area contributed by atoms with Crippen molar-refractivity contribution < 1.29 is 13.9 Å². The second-order valence-electron chi connectivity index (χ2n) is 3.91. The molecule has 1 N–H and O–H groups in total. The van der Waals surface area contributed by atoms with Crippen LogP contribution in [0.3, 0.4) is 0 Å². The maximum Gasteiger partial charge on any atom is 0.270 e. The zero-order valence-corrected chi connectivity index (χ0v) is 12.3. The maximum absolute atomic E-state index is 13.6. The largest absolute Gasteiger partial charge is 0.454 e. The predicted octanol–water partition coefficient (Wildman–Crippen LogP) is 3.53. The molecule has 2 rings (SSSR count). The monoisotopic (exact) mass is 338 g/mol. The number of amides is 1. The molecular weight excluding hydrogens is 327 g/mol. The van der Waals surface area contributed by atoms with Gasteiger partial charge in [0.05, 0.1) is 0 Å². The van der Waals surface area contributed by atoms with E-state index in [0.29, 0.717) is 16.8 Å². The van der Waals surface area contributed by atoms with E-state index in [1.807, 2.05) is 6.92 Å². The number of ether oxygens (including phenoxy) is 1. The summed E-state index contributed by atoms with van der Waals surface area (Å²) in [6.07, 6.45) is 1.44. The number of nitrogens with zero attached hydrogens (tertiary/aromatic N) is 1. The zero-order valence-electron chi connectivity index (χ0n) is 10.7. The fourth-order valence-electron chi connectivity index (χ4n) is 1.53. The van der Waals surface area contributed by atoms with E-state index in [4.69, 9.17) is 4.74 Å². The molecule has 0 unspecified atom stereocenters. The van der Waals surface area contributed by atoms with Crippen molar-refractivity contribution in [3.63, 3.8) is 0 Å². The Bertz CT molecular complexity index is 634. The highest BCUT2D eigenvalue weighted by Gasteiger charge is 2.09. The number of carbonyl (C=O) groups excluding carboxylic acids is 1. The van der Waals surface area contributed by atoms with Crippen LogP contribution in [0, 0.1) is 5.82 Å². The molecule has 0 aliphatic heterocycles. The highest BCUT2D eigenvalue weighted by molar-refractivity contribution is 9.10. The van der Waals surface area contributed by atoms with Crippen molar-refractivity contribution in [3.05, 3.63) is 52.5 Å². The van der Waals surface area contributed by atoms with Gasteiger partial charge in [-0.05, 0) is 31.2 Å². The Hall–Kier alpha value is -1.95. The van der Waals surface area contributed by atoms with Crippen LogP contribution in [0.15, 0.2) is 41.0 Å². The molecule has 0 saturated carbocycles. The van der Waals surface area contributed by atoms with Crippen LogP contribution in [0.1, 0.15) is 17.4 Å². The lowest BCUT2D eigenvalue weighted by Gasteiger charge is -2.08. The topological polar surface area (TPSA) is 51.2 Å². The first kappa shape index (κ1) is 14.5. The van der Waals surface area contributed by atoms with E-state index in [1.54, 1.807) is 12.1 Å². The molecule has 1 heterocycles. The molecule has 2 aromatic rings. The first-order valence-electron chi connectivity index (χ1n) is 5.97. The molecule has 0 spiro atoms. The van der Waals surface area contributed by atoms with Crippen LogP contribution >= 0.6 is 15.9 Å². The van der Waals surface area contributed by atoms with Gasteiger partial charge in [-0.1, -0.05) is 15.9 Å². The highest BCUT2D eigenvalue weighted by atomic mass is 79.9. The molecule has 0 aliphatic carbocycles. The highest BCUT2D eigenvalue weighted by Crippen LogP contribution is 2.27. The van der Waals surface area contributed by atoms with Gasteiger partial charge < -0.3 is 10.1 Å². The Balaban J connectivity index is 2.23. The number of hydrogen-bond acceptors (Lipinski definition) is 3. The molecule has 1 aromatic carbocycles. The van der Waals surface area contributed by atoms with E-state index < -0.39 is 5.82 Å². The minimum atomic E-state index is -0.482. The van der Waals surface area contributed by atoms with Crippen molar-refractivity contribution >= 4 is 21.8 Å². The Morgan fingerprint density at radius 3 is 2.95 bits per heavy atom. The maximum atomic E-state index is 13.6. The molecule has 1 amide bonds. The average Bonchev–Trinajstić information content (AvgIpc) is 2.43. The van der Waals surface area contributed by atoms with E-state index in [1.165, 1.54) is 24.4 Å². The van der Waals surface area contributed by atoms with Crippen LogP contribution in [0.2, 0.25) is 0 Å². The Labute approximate surface area is 124 Å². The van der Waals surface area contributed by atoms with Crippen molar-refractivity contribution in [2.24, 2.45) is 0 Å². The molecule has 1 aromatic heterocycles. The summed E-state index contributed by atoms with van der Waals surface area (Å²) < 4.78 is 19.7. The minimum Gasteiger partial charge on any atom is -0.454 e. The van der Waals surface area contributed by atoms with Gasteiger partial charge >= 0.3 is 0 Å². The molecule has 6 heteroatoms. The van der Waals surface area contributed by atoms with Gasteiger partial charge in [-0.25, -0.2) is 4.39 Å². The third-order valence-electron chi connectivity index (χ3n) is 2.42. The van der Waals surface area contributed by atoms with E-state index in [9.17, 15) is 9.18 Å². The summed E-state index contributed by atoms with van der Waals surface area (Å²) >= 11 is 3.24. The van der Waals surface area contributed by atoms with Crippen molar-refractivity contribution in [3.8, 4) is 11.5 Å². The fraction of sp³-hybridized carbons (Fsp3) is 0.143. The van der Waals surface area contributed by atoms with Crippen molar-refractivity contribution in [2.75, 3.05) is 6.54 Å². The van der Waals surface area contributed by atoms with Gasteiger partial charge in [0, 0.05) is 23.3 Å². The Morgan fingerprint density at radius 1 is 1.40 bits per heavy atom. The molecular formula is C14H12BrFN2O2. The number of carbonyl (C=O) groups is 1. The molecule has 0 radical (unpaired) electrons. The average molecular weight is 339 g/mol. The molecule has 104 valence electrons. The van der Waals surface area contributed by atoms with Crippen molar-refractivity contribution in [1.82, 2.24) is 10.3 Å². The lowest BCUT2D eigenvalue weighted by molar-refractivity contribution is 0.0950. The summed E-state index contributed by atoms with van der Waals surface area (Å²) in [5.41, 5.74) is 0.222. The molecule has 0 bridgehead atoms. The number of hydrogen-bond donors (Lipinski definition) is 1. The lowest BCUT2D eigenvalue weighted by Crippen LogP contribution is -2.23. The summed E-state index contributed by atoms with van der Waals surface area (Å²) in [5, 5.41) is 2.63. The third kappa shape index (κ3) is 3.54. The van der Waals surface area contributed by atoms with Crippen LogP contribution in [0.25, 0.3) is 0 Å². The SMILES string of the molecule is CCNC(=O)c1cc(Oc2cc(Br)ccc2F)ccn1. The molecule has 0 aliphatic rings. The van der Waals surface area contributed by atoms with Gasteiger partial charge in [0.15, 0.2) is 11.6 Å². The number of benzene rings is 1. The van der Waals surface area contributed by atoms with Crippen LogP contribution in [0.5, 0.6) is 11.5 Å². The van der Waals surface area contributed by atoms with E-state index in [-0.39, 0.29) is 17.4 Å². The van der Waals surface area contributed by atoms with Crippen LogP contribution < -0.4 is 10.1 Å². The van der Waals surface area contributed by atoms with Gasteiger partial charge in [0.25, 0.3) is 5.91 Å². The lowest BCUT2D eigenvalue weighted by atomic mass is 10.3. The molecule has 4 nitrogen and oxygen atoms in total. The number of aromatic nitrogens is 1. The molecule has 20 heavy (non-hydrogen) atoms. The van der Waals surface area contributed by atoms with Gasteiger partial charge in [-0.3, -0.25) is 9.78 Å². The normalized spacial score (nSPS) is 10.2. The van der Waals surface area contributed by atoms with Gasteiger partial charge in [0.1, 0.15) is 11.4 Å². The second-order valence-corrected chi connectivity index (χ2v) is 4.83. The summed E-state index contributed by atoms with van der Waals surface area (Å²) in [6, 6.07) is 7.41. The summed E-state index contributed by atoms with van der Waals surface area (Å²) in [6.45, 7) is 2.32. The van der Waals surface area contributed by atoms with Gasteiger partial charge in [-0.15, -0.1) is 0 Å². The molecule has 0 atom stereocenters. The number of pyridine rings is 1. The smallest absolute Gasteiger partial charge is 0.270 e. The minimum absolute atomic E-state index is 0.0763. The zero-order chi connectivity index (χ0) is 14.5. The second kappa shape index (κ2) is 6.47. The third-order valence-corrected chi connectivity index (χ3v) is 2.92. The van der Waals surface area contributed by atoms with Crippen molar-refractivity contribution in [1.29, 1.82) is 0 Å². The number of rotatable bonds is 4. The van der Waals surface area contributed by atoms with Crippen molar-refractivity contribution in [2.45, 2.75) is 6.92 Å². The van der Waals surface area contributed by atoms with Gasteiger partial charge in [0.2, 0.25) is 0 Å². The predicted molar refractivity (Wildman–Crippen MR) is 76.4 cm³/mol. The molecule has 0 fully saturated rings. The first-order chi connectivity index (χ1) is 9.60. The van der Waals surface area contributed by atoms with Crippen LogP contribution in [-0.4, -0.2) is 17.4 Å². The van der Waals surface area contributed by atoms with E-state index in [0.717, 1.165) is 0 Å². The Kier molecular flexibility index (Phi) is 4.68. The standard InChI is InChI=1S/C14H12BrFN2O2/c1-2-17-14(19)12-8-10(5-6-18-12)20-13-7-9(15)3-4-11(13)16/h3-8H,2H2,1H3,(H,17,19). The van der Waals surface area contributed by atoms with Crippen LogP contribution in [0.4, 0.5) is 4.39 Å². The van der Waals surface area contributed by atoms with Gasteiger partial charge in [-0.2, -0.15) is 0 Å². The van der Waals surface area contributed by atoms with E-state index >= 15 is 0 Å². The summed E-state index contributed by atoms with van der Waals surface area (Å²) in [4.78, 5) is 15.6. The Morgan fingerprint density at radius 2 is 2.20 bits per heavy atom. The quantitative estimate of drug-likeness (QED) is 0.927. The van der Waals surface area contributed by atoms with Crippen LogP contribution in [-0.2, 0) is 0 Å². The molecule has 0 saturated heterocycles. The summed E-state index contributed by atoms with van der Waals surface area (Å²) in [5.74, 6) is -0.358. The first-order valence-corrected chi connectivity index (χ1v) is 6.76. The number of nitrogens with one attached hydrogen (secondary N) is 1. The fourth-order valence-corrected chi connectivity index (χ4v) is 1.87. The number of halogens is 2.